The molecule has 0 unspecified atom stereocenters. The average molecular weight is 233 g/mol. The molecule has 17 heavy (non-hydrogen) atoms. The lowest BCUT2D eigenvalue weighted by Gasteiger charge is -2.15. The van der Waals surface area contributed by atoms with Gasteiger partial charge in [0.2, 0.25) is 0 Å². The summed E-state index contributed by atoms with van der Waals surface area (Å²) < 4.78 is 5.51. The molecule has 0 aliphatic heterocycles. The van der Waals surface area contributed by atoms with Gasteiger partial charge in [-0.05, 0) is 32.5 Å². The molecule has 0 bridgehead atoms. The van der Waals surface area contributed by atoms with Crippen LogP contribution in [0, 0.1) is 0 Å². The van der Waals surface area contributed by atoms with Crippen molar-refractivity contribution in [2.24, 2.45) is 0 Å². The van der Waals surface area contributed by atoms with Crippen molar-refractivity contribution in [1.29, 1.82) is 0 Å². The van der Waals surface area contributed by atoms with Crippen LogP contribution in [0.2, 0.25) is 0 Å². The molecule has 0 spiro atoms. The van der Waals surface area contributed by atoms with Crippen molar-refractivity contribution in [3.05, 3.63) is 36.1 Å². The van der Waals surface area contributed by atoms with Crippen LogP contribution in [0.5, 0.6) is 0 Å². The molecule has 0 radical (unpaired) electrons. The summed E-state index contributed by atoms with van der Waals surface area (Å²) in [6, 6.07) is 8.11. The first-order chi connectivity index (χ1) is 8.31. The summed E-state index contributed by atoms with van der Waals surface area (Å²) in [5, 5.41) is 9.94. The van der Waals surface area contributed by atoms with Gasteiger partial charge in [0.15, 0.2) is 0 Å². The molecule has 0 atom stereocenters. The molecule has 0 amide bonds. The highest BCUT2D eigenvalue weighted by molar-refractivity contribution is 5.80. The molecule has 3 heteroatoms. The lowest BCUT2D eigenvalue weighted by atomic mass is 10.1. The third kappa shape index (κ3) is 3.08. The van der Waals surface area contributed by atoms with E-state index in [4.69, 9.17) is 9.52 Å². The van der Waals surface area contributed by atoms with E-state index in [1.54, 1.807) is 0 Å². The van der Waals surface area contributed by atoms with Crippen LogP contribution in [-0.2, 0) is 6.54 Å². The Balaban J connectivity index is 1.98. The van der Waals surface area contributed by atoms with Gasteiger partial charge >= 0.3 is 0 Å². The van der Waals surface area contributed by atoms with E-state index in [-0.39, 0.29) is 6.61 Å². The Labute approximate surface area is 102 Å². The topological polar surface area (TPSA) is 36.6 Å². The third-order valence-corrected chi connectivity index (χ3v) is 2.95. The normalized spacial score (nSPS) is 11.5. The van der Waals surface area contributed by atoms with Gasteiger partial charge in [-0.25, -0.2) is 0 Å². The number of benzene rings is 1. The van der Waals surface area contributed by atoms with Crippen molar-refractivity contribution in [2.45, 2.75) is 19.4 Å². The summed E-state index contributed by atoms with van der Waals surface area (Å²) in [4.78, 5) is 2.26. The van der Waals surface area contributed by atoms with Crippen LogP contribution >= 0.6 is 0 Å². The Hall–Kier alpha value is -1.32. The fourth-order valence-corrected chi connectivity index (χ4v) is 2.02. The summed E-state index contributed by atoms with van der Waals surface area (Å²) in [7, 11) is 2.10. The summed E-state index contributed by atoms with van der Waals surface area (Å²) in [5.74, 6) is 0. The zero-order valence-corrected chi connectivity index (χ0v) is 10.2. The average Bonchev–Trinajstić information content (AvgIpc) is 2.73. The number of unbranched alkanes of at least 4 members (excludes halogenated alkanes) is 1. The van der Waals surface area contributed by atoms with Gasteiger partial charge in [-0.3, -0.25) is 0 Å². The van der Waals surface area contributed by atoms with Crippen LogP contribution in [0.1, 0.15) is 18.4 Å². The van der Waals surface area contributed by atoms with E-state index in [1.807, 2.05) is 24.5 Å². The standard InChI is InChI=1S/C14H19NO2/c1-15(8-4-5-9-16)10-12-11-17-14-7-3-2-6-13(12)14/h2-3,6-7,11,16H,4-5,8-10H2,1H3. The fourth-order valence-electron chi connectivity index (χ4n) is 2.02. The molecule has 92 valence electrons. The number of furan rings is 1. The number of hydrogen-bond acceptors (Lipinski definition) is 3. The van der Waals surface area contributed by atoms with Gasteiger partial charge in [0.1, 0.15) is 5.58 Å². The minimum absolute atomic E-state index is 0.280. The Morgan fingerprint density at radius 1 is 1.24 bits per heavy atom. The third-order valence-electron chi connectivity index (χ3n) is 2.95. The Bertz CT molecular complexity index is 464. The summed E-state index contributed by atoms with van der Waals surface area (Å²) >= 11 is 0. The second kappa shape index (κ2) is 5.84. The van der Waals surface area contributed by atoms with Crippen LogP contribution in [0.3, 0.4) is 0 Å². The molecule has 2 aromatic rings. The Kier molecular flexibility index (Phi) is 4.18. The van der Waals surface area contributed by atoms with Crippen LogP contribution in [0.25, 0.3) is 11.0 Å². The highest BCUT2D eigenvalue weighted by atomic mass is 16.3. The fraction of sp³-hybridized carbons (Fsp3) is 0.429. The molecule has 2 rings (SSSR count). The minimum atomic E-state index is 0.280. The molecule has 1 aromatic carbocycles. The largest absolute Gasteiger partial charge is 0.464 e. The molecular formula is C14H19NO2. The maximum absolute atomic E-state index is 8.74. The van der Waals surface area contributed by atoms with Crippen molar-refractivity contribution in [3.8, 4) is 0 Å². The van der Waals surface area contributed by atoms with Crippen molar-refractivity contribution in [1.82, 2.24) is 4.90 Å². The first-order valence-corrected chi connectivity index (χ1v) is 6.06. The number of rotatable bonds is 6. The number of hydrogen-bond donors (Lipinski definition) is 1. The first kappa shape index (κ1) is 12.1. The van der Waals surface area contributed by atoms with Crippen molar-refractivity contribution < 1.29 is 9.52 Å². The quantitative estimate of drug-likeness (QED) is 0.779. The maximum atomic E-state index is 8.74. The van der Waals surface area contributed by atoms with Crippen molar-refractivity contribution >= 4 is 11.0 Å². The van der Waals surface area contributed by atoms with Crippen LogP contribution < -0.4 is 0 Å². The van der Waals surface area contributed by atoms with Gasteiger partial charge in [-0.1, -0.05) is 18.2 Å². The zero-order chi connectivity index (χ0) is 12.1. The van der Waals surface area contributed by atoms with E-state index in [1.165, 1.54) is 10.9 Å². The number of para-hydroxylation sites is 1. The molecule has 0 aliphatic rings. The smallest absolute Gasteiger partial charge is 0.134 e. The van der Waals surface area contributed by atoms with E-state index in [0.717, 1.165) is 31.5 Å². The predicted octanol–water partition coefficient (Wildman–Crippen LogP) is 2.64. The zero-order valence-electron chi connectivity index (χ0n) is 10.2. The lowest BCUT2D eigenvalue weighted by Crippen LogP contribution is -2.19. The number of nitrogens with zero attached hydrogens (tertiary/aromatic N) is 1. The molecule has 1 N–H and O–H groups in total. The van der Waals surface area contributed by atoms with Gasteiger partial charge in [-0.15, -0.1) is 0 Å². The van der Waals surface area contributed by atoms with Gasteiger partial charge in [0, 0.05) is 24.1 Å². The second-order valence-electron chi connectivity index (χ2n) is 4.43. The Morgan fingerprint density at radius 3 is 2.88 bits per heavy atom. The Morgan fingerprint density at radius 2 is 2.06 bits per heavy atom. The van der Waals surface area contributed by atoms with Gasteiger partial charge < -0.3 is 14.4 Å². The van der Waals surface area contributed by atoms with Gasteiger partial charge in [0.05, 0.1) is 6.26 Å². The van der Waals surface area contributed by atoms with E-state index in [2.05, 4.69) is 18.0 Å². The SMILES string of the molecule is CN(CCCCO)Cc1coc2ccccc12. The second-order valence-corrected chi connectivity index (χ2v) is 4.43. The minimum Gasteiger partial charge on any atom is -0.464 e. The molecule has 0 aliphatic carbocycles. The number of aliphatic hydroxyl groups is 1. The monoisotopic (exact) mass is 233 g/mol. The highest BCUT2D eigenvalue weighted by Crippen LogP contribution is 2.21. The summed E-state index contributed by atoms with van der Waals surface area (Å²) in [6.07, 6.45) is 3.74. The lowest BCUT2D eigenvalue weighted by molar-refractivity contribution is 0.261. The summed E-state index contributed by atoms with van der Waals surface area (Å²) in [5.41, 5.74) is 2.18. The maximum Gasteiger partial charge on any atom is 0.134 e. The molecule has 3 nitrogen and oxygen atoms in total. The van der Waals surface area contributed by atoms with E-state index in [9.17, 15) is 0 Å². The number of aliphatic hydroxyl groups excluding tert-OH is 1. The van der Waals surface area contributed by atoms with E-state index >= 15 is 0 Å². The molecule has 1 aromatic heterocycles. The van der Waals surface area contributed by atoms with E-state index in [0.29, 0.717) is 0 Å². The molecule has 1 heterocycles. The van der Waals surface area contributed by atoms with Crippen LogP contribution in [0.4, 0.5) is 0 Å². The van der Waals surface area contributed by atoms with Crippen LogP contribution in [-0.4, -0.2) is 30.2 Å². The van der Waals surface area contributed by atoms with E-state index < -0.39 is 0 Å². The van der Waals surface area contributed by atoms with Crippen LogP contribution in [0.15, 0.2) is 34.9 Å². The molecule has 0 fully saturated rings. The molecule has 0 saturated carbocycles. The van der Waals surface area contributed by atoms with Crippen molar-refractivity contribution in [2.75, 3.05) is 20.2 Å². The van der Waals surface area contributed by atoms with Gasteiger partial charge in [0.25, 0.3) is 0 Å². The molecular weight excluding hydrogens is 214 g/mol. The highest BCUT2D eigenvalue weighted by Gasteiger charge is 2.07. The van der Waals surface area contributed by atoms with Gasteiger partial charge in [-0.2, -0.15) is 0 Å². The first-order valence-electron chi connectivity index (χ1n) is 6.06. The number of fused-ring (bicyclic) bond motifs is 1. The summed E-state index contributed by atoms with van der Waals surface area (Å²) in [6.45, 7) is 2.17. The molecule has 0 saturated heterocycles. The predicted molar refractivity (Wildman–Crippen MR) is 68.9 cm³/mol. The van der Waals surface area contributed by atoms with Crippen molar-refractivity contribution in [3.63, 3.8) is 0 Å².